The average Bonchev–Trinajstić information content (AvgIpc) is 3.49. The summed E-state index contributed by atoms with van der Waals surface area (Å²) in [6.07, 6.45) is 3.81. The zero-order valence-corrected chi connectivity index (χ0v) is 18.8. The first-order valence-electron chi connectivity index (χ1n) is 11.2. The minimum atomic E-state index is -3.48. The number of carbonyl (C=O) groups excluding carboxylic acids is 1. The zero-order chi connectivity index (χ0) is 22.1. The molecule has 2 aliphatic heterocycles. The molecular weight excluding hydrogens is 426 g/mol. The summed E-state index contributed by atoms with van der Waals surface area (Å²) in [5, 5.41) is 8.36. The van der Waals surface area contributed by atoms with Crippen LogP contribution in [0.15, 0.2) is 47.4 Å². The Kier molecular flexibility index (Phi) is 5.69. The van der Waals surface area contributed by atoms with Gasteiger partial charge in [0.1, 0.15) is 5.52 Å². The number of aromatic nitrogens is 3. The number of hydrogen-bond acceptors (Lipinski definition) is 5. The molecule has 2 aromatic carbocycles. The molecular formula is C23H27N5O3S. The number of fused-ring (bicyclic) bond motifs is 2. The predicted molar refractivity (Wildman–Crippen MR) is 120 cm³/mol. The van der Waals surface area contributed by atoms with Crippen molar-refractivity contribution in [2.75, 3.05) is 19.6 Å². The molecule has 0 atom stereocenters. The Labute approximate surface area is 187 Å². The highest BCUT2D eigenvalue weighted by molar-refractivity contribution is 7.89. The molecule has 8 nitrogen and oxygen atoms in total. The molecule has 3 heterocycles. The molecule has 0 aliphatic carbocycles. The standard InChI is InChI=1S/C23H27N5O3S/c29-23(26-15-11-18-6-1-2-7-19(18)17-26)8-5-14-28-22-10-9-20(16-21(22)24-25-28)32(30,31)27-12-3-4-13-27/h1-2,6-7,9-10,16H,3-5,8,11-15,17H2. The largest absolute Gasteiger partial charge is 0.338 e. The summed E-state index contributed by atoms with van der Waals surface area (Å²) in [5.74, 6) is 0.155. The van der Waals surface area contributed by atoms with Crippen molar-refractivity contribution in [1.82, 2.24) is 24.2 Å². The van der Waals surface area contributed by atoms with E-state index in [-0.39, 0.29) is 10.8 Å². The molecule has 0 unspecified atom stereocenters. The molecule has 32 heavy (non-hydrogen) atoms. The van der Waals surface area contributed by atoms with E-state index in [2.05, 4.69) is 22.4 Å². The van der Waals surface area contributed by atoms with Crippen molar-refractivity contribution in [3.63, 3.8) is 0 Å². The number of aryl methyl sites for hydroxylation is 1. The number of nitrogens with zero attached hydrogens (tertiary/aromatic N) is 5. The van der Waals surface area contributed by atoms with Crippen LogP contribution in [0.25, 0.3) is 11.0 Å². The summed E-state index contributed by atoms with van der Waals surface area (Å²) in [7, 11) is -3.48. The van der Waals surface area contributed by atoms with Crippen LogP contribution in [0.2, 0.25) is 0 Å². The highest BCUT2D eigenvalue weighted by Gasteiger charge is 2.27. The van der Waals surface area contributed by atoms with Crippen LogP contribution < -0.4 is 0 Å². The molecule has 2 aliphatic rings. The molecule has 0 spiro atoms. The summed E-state index contributed by atoms with van der Waals surface area (Å²) in [6.45, 7) is 3.14. The quantitative estimate of drug-likeness (QED) is 0.572. The van der Waals surface area contributed by atoms with E-state index < -0.39 is 10.0 Å². The van der Waals surface area contributed by atoms with E-state index in [9.17, 15) is 13.2 Å². The van der Waals surface area contributed by atoms with Gasteiger partial charge in [0.2, 0.25) is 15.9 Å². The Bertz CT molecular complexity index is 1250. The van der Waals surface area contributed by atoms with E-state index in [1.165, 1.54) is 15.4 Å². The minimum Gasteiger partial charge on any atom is -0.338 e. The molecule has 5 rings (SSSR count). The van der Waals surface area contributed by atoms with Gasteiger partial charge in [-0.1, -0.05) is 29.5 Å². The third-order valence-electron chi connectivity index (χ3n) is 6.43. The SMILES string of the molecule is O=C(CCCn1nnc2cc(S(=O)(=O)N3CCCC3)ccc21)N1CCc2ccccc2C1. The summed E-state index contributed by atoms with van der Waals surface area (Å²) in [4.78, 5) is 14.9. The van der Waals surface area contributed by atoms with Crippen LogP contribution in [0.1, 0.15) is 36.8 Å². The molecule has 0 radical (unpaired) electrons. The van der Waals surface area contributed by atoms with Gasteiger partial charge in [-0.15, -0.1) is 5.10 Å². The molecule has 1 aromatic heterocycles. The van der Waals surface area contributed by atoms with Gasteiger partial charge in [0.25, 0.3) is 0 Å². The molecule has 0 bridgehead atoms. The normalized spacial score (nSPS) is 17.1. The van der Waals surface area contributed by atoms with Crippen molar-refractivity contribution < 1.29 is 13.2 Å². The number of rotatable bonds is 6. The van der Waals surface area contributed by atoms with Gasteiger partial charge >= 0.3 is 0 Å². The molecule has 0 saturated carbocycles. The maximum atomic E-state index is 12.8. The molecule has 1 saturated heterocycles. The lowest BCUT2D eigenvalue weighted by Gasteiger charge is -2.29. The van der Waals surface area contributed by atoms with Gasteiger partial charge in [-0.2, -0.15) is 4.31 Å². The third-order valence-corrected chi connectivity index (χ3v) is 8.33. The summed E-state index contributed by atoms with van der Waals surface area (Å²) in [6, 6.07) is 13.3. The maximum absolute atomic E-state index is 12.8. The molecule has 0 N–H and O–H groups in total. The van der Waals surface area contributed by atoms with Crippen LogP contribution in [0.3, 0.4) is 0 Å². The topological polar surface area (TPSA) is 88.4 Å². The van der Waals surface area contributed by atoms with Crippen LogP contribution in [0, 0.1) is 0 Å². The van der Waals surface area contributed by atoms with Gasteiger partial charge < -0.3 is 4.90 Å². The first-order chi connectivity index (χ1) is 15.5. The van der Waals surface area contributed by atoms with Crippen molar-refractivity contribution in [1.29, 1.82) is 0 Å². The van der Waals surface area contributed by atoms with Gasteiger partial charge in [-0.05, 0) is 55.0 Å². The number of hydrogen-bond donors (Lipinski definition) is 0. The second-order valence-corrected chi connectivity index (χ2v) is 10.4. The fourth-order valence-corrected chi connectivity index (χ4v) is 6.14. The molecule has 1 amide bonds. The summed E-state index contributed by atoms with van der Waals surface area (Å²) >= 11 is 0. The van der Waals surface area contributed by atoms with Crippen molar-refractivity contribution in [3.05, 3.63) is 53.6 Å². The number of amides is 1. The van der Waals surface area contributed by atoms with Crippen LogP contribution >= 0.6 is 0 Å². The first kappa shape index (κ1) is 21.1. The minimum absolute atomic E-state index is 0.155. The van der Waals surface area contributed by atoms with Crippen molar-refractivity contribution >= 4 is 27.0 Å². The highest BCUT2D eigenvalue weighted by Crippen LogP contribution is 2.24. The Balaban J connectivity index is 1.21. The van der Waals surface area contributed by atoms with Crippen molar-refractivity contribution in [3.8, 4) is 0 Å². The number of sulfonamides is 1. The molecule has 168 valence electrons. The lowest BCUT2D eigenvalue weighted by molar-refractivity contribution is -0.132. The van der Waals surface area contributed by atoms with Crippen LogP contribution in [-0.4, -0.2) is 58.2 Å². The Morgan fingerprint density at radius 1 is 1.00 bits per heavy atom. The second-order valence-electron chi connectivity index (χ2n) is 8.51. The fraction of sp³-hybridized carbons (Fsp3) is 0.435. The smallest absolute Gasteiger partial charge is 0.243 e. The van der Waals surface area contributed by atoms with Gasteiger partial charge in [0, 0.05) is 39.1 Å². The molecule has 3 aromatic rings. The average molecular weight is 454 g/mol. The lowest BCUT2D eigenvalue weighted by Crippen LogP contribution is -2.35. The third kappa shape index (κ3) is 4.02. The zero-order valence-electron chi connectivity index (χ0n) is 18.0. The van der Waals surface area contributed by atoms with Crippen LogP contribution in [-0.2, 0) is 34.3 Å². The van der Waals surface area contributed by atoms with E-state index in [0.29, 0.717) is 44.5 Å². The van der Waals surface area contributed by atoms with Crippen LogP contribution in [0.5, 0.6) is 0 Å². The Hall–Kier alpha value is -2.78. The first-order valence-corrected chi connectivity index (χ1v) is 12.6. The van der Waals surface area contributed by atoms with Gasteiger partial charge in [0.05, 0.1) is 10.4 Å². The van der Waals surface area contributed by atoms with E-state index >= 15 is 0 Å². The Morgan fingerprint density at radius 2 is 1.78 bits per heavy atom. The van der Waals surface area contributed by atoms with E-state index in [1.54, 1.807) is 22.9 Å². The second kappa shape index (κ2) is 8.63. The maximum Gasteiger partial charge on any atom is 0.243 e. The van der Waals surface area contributed by atoms with Gasteiger partial charge in [-0.3, -0.25) is 4.79 Å². The van der Waals surface area contributed by atoms with E-state index in [0.717, 1.165) is 31.3 Å². The predicted octanol–water partition coefficient (Wildman–Crippen LogP) is 2.58. The fourth-order valence-electron chi connectivity index (χ4n) is 4.60. The lowest BCUT2D eigenvalue weighted by atomic mass is 9.99. The molecule has 1 fully saturated rings. The van der Waals surface area contributed by atoms with E-state index in [1.807, 2.05) is 17.0 Å². The van der Waals surface area contributed by atoms with Crippen LogP contribution in [0.4, 0.5) is 0 Å². The Morgan fingerprint density at radius 3 is 2.59 bits per heavy atom. The van der Waals surface area contributed by atoms with E-state index in [4.69, 9.17) is 0 Å². The summed E-state index contributed by atoms with van der Waals surface area (Å²) in [5.41, 5.74) is 3.90. The monoisotopic (exact) mass is 453 g/mol. The van der Waals surface area contributed by atoms with Gasteiger partial charge in [-0.25, -0.2) is 13.1 Å². The summed E-state index contributed by atoms with van der Waals surface area (Å²) < 4.78 is 28.9. The highest BCUT2D eigenvalue weighted by atomic mass is 32.2. The number of carbonyl (C=O) groups is 1. The molecule has 9 heteroatoms. The number of benzene rings is 2. The van der Waals surface area contributed by atoms with Crippen molar-refractivity contribution in [2.24, 2.45) is 0 Å². The van der Waals surface area contributed by atoms with Gasteiger partial charge in [0.15, 0.2) is 0 Å². The van der Waals surface area contributed by atoms with Crippen molar-refractivity contribution in [2.45, 2.75) is 50.1 Å².